The third-order valence-corrected chi connectivity index (χ3v) is 3.43. The average molecular weight is 270 g/mol. The van der Waals surface area contributed by atoms with Crippen LogP contribution in [-0.2, 0) is 0 Å². The molecule has 19 heavy (non-hydrogen) atoms. The molecule has 1 aromatic carbocycles. The molecule has 94 valence electrons. The molecule has 0 bridgehead atoms. The van der Waals surface area contributed by atoms with Crippen LogP contribution in [0.25, 0.3) is 5.69 Å². The quantitative estimate of drug-likeness (QED) is 0.795. The standard InChI is InChI=1S/C13H10N4OS/c18-13(12-5-2-6-19-12)16-10-3-1-4-11(7-10)17-8-14-15-9-17/h1-9H,(H,16,18). The van der Waals surface area contributed by atoms with Gasteiger partial charge < -0.3 is 5.32 Å². The van der Waals surface area contributed by atoms with E-state index in [4.69, 9.17) is 0 Å². The summed E-state index contributed by atoms with van der Waals surface area (Å²) in [4.78, 5) is 12.6. The fourth-order valence-electron chi connectivity index (χ4n) is 1.68. The van der Waals surface area contributed by atoms with E-state index in [1.165, 1.54) is 11.3 Å². The van der Waals surface area contributed by atoms with Gasteiger partial charge in [-0.2, -0.15) is 0 Å². The van der Waals surface area contributed by atoms with Crippen molar-refractivity contribution in [3.05, 3.63) is 59.3 Å². The summed E-state index contributed by atoms with van der Waals surface area (Å²) in [7, 11) is 0. The Labute approximate surface area is 113 Å². The fourth-order valence-corrected chi connectivity index (χ4v) is 2.30. The van der Waals surface area contributed by atoms with Gasteiger partial charge in [0.25, 0.3) is 5.91 Å². The highest BCUT2D eigenvalue weighted by Gasteiger charge is 2.07. The Balaban J connectivity index is 1.82. The van der Waals surface area contributed by atoms with E-state index >= 15 is 0 Å². The minimum absolute atomic E-state index is 0.101. The lowest BCUT2D eigenvalue weighted by atomic mass is 10.2. The smallest absolute Gasteiger partial charge is 0.265 e. The number of benzene rings is 1. The first kappa shape index (κ1) is 11.6. The largest absolute Gasteiger partial charge is 0.321 e. The molecule has 1 amide bonds. The molecule has 0 aliphatic heterocycles. The van der Waals surface area contributed by atoms with Crippen LogP contribution >= 0.6 is 11.3 Å². The topological polar surface area (TPSA) is 59.8 Å². The van der Waals surface area contributed by atoms with E-state index < -0.39 is 0 Å². The first-order valence-corrected chi connectivity index (χ1v) is 6.51. The molecule has 0 radical (unpaired) electrons. The van der Waals surface area contributed by atoms with Crippen LogP contribution in [0.5, 0.6) is 0 Å². The van der Waals surface area contributed by atoms with Crippen molar-refractivity contribution in [1.82, 2.24) is 14.8 Å². The van der Waals surface area contributed by atoms with Crippen molar-refractivity contribution in [3.63, 3.8) is 0 Å². The van der Waals surface area contributed by atoms with Crippen LogP contribution in [-0.4, -0.2) is 20.7 Å². The van der Waals surface area contributed by atoms with E-state index in [2.05, 4.69) is 15.5 Å². The first-order chi connectivity index (χ1) is 9.33. The number of nitrogens with one attached hydrogen (secondary N) is 1. The van der Waals surface area contributed by atoms with Gasteiger partial charge in [-0.05, 0) is 29.6 Å². The highest BCUT2D eigenvalue weighted by molar-refractivity contribution is 7.12. The maximum atomic E-state index is 11.9. The first-order valence-electron chi connectivity index (χ1n) is 5.63. The van der Waals surface area contributed by atoms with Crippen LogP contribution < -0.4 is 5.32 Å². The molecular formula is C13H10N4OS. The maximum Gasteiger partial charge on any atom is 0.265 e. The van der Waals surface area contributed by atoms with Crippen LogP contribution in [0.1, 0.15) is 9.67 Å². The third-order valence-electron chi connectivity index (χ3n) is 2.57. The molecule has 2 heterocycles. The molecule has 2 aromatic heterocycles. The van der Waals surface area contributed by atoms with Crippen molar-refractivity contribution in [2.75, 3.05) is 5.32 Å². The highest BCUT2D eigenvalue weighted by atomic mass is 32.1. The minimum Gasteiger partial charge on any atom is -0.321 e. The average Bonchev–Trinajstić information content (AvgIpc) is 3.13. The number of aromatic nitrogens is 3. The van der Waals surface area contributed by atoms with Gasteiger partial charge in [0.05, 0.1) is 10.6 Å². The van der Waals surface area contributed by atoms with Gasteiger partial charge in [0, 0.05) is 5.69 Å². The van der Waals surface area contributed by atoms with Crippen molar-refractivity contribution in [2.45, 2.75) is 0 Å². The molecule has 0 unspecified atom stereocenters. The van der Waals surface area contributed by atoms with Crippen molar-refractivity contribution in [2.24, 2.45) is 0 Å². The molecule has 6 heteroatoms. The van der Waals surface area contributed by atoms with Gasteiger partial charge in [-0.15, -0.1) is 21.5 Å². The van der Waals surface area contributed by atoms with Crippen LogP contribution in [0.15, 0.2) is 54.4 Å². The van der Waals surface area contributed by atoms with Gasteiger partial charge in [0.1, 0.15) is 12.7 Å². The molecule has 0 saturated heterocycles. The summed E-state index contributed by atoms with van der Waals surface area (Å²) < 4.78 is 1.78. The minimum atomic E-state index is -0.101. The molecular weight excluding hydrogens is 260 g/mol. The Bertz CT molecular complexity index is 677. The second-order valence-corrected chi connectivity index (χ2v) is 4.80. The highest BCUT2D eigenvalue weighted by Crippen LogP contribution is 2.16. The Hall–Kier alpha value is -2.47. The van der Waals surface area contributed by atoms with Gasteiger partial charge >= 0.3 is 0 Å². The molecule has 5 nitrogen and oxygen atoms in total. The van der Waals surface area contributed by atoms with Crippen molar-refractivity contribution in [1.29, 1.82) is 0 Å². The third kappa shape index (κ3) is 2.53. The number of anilines is 1. The van der Waals surface area contributed by atoms with Gasteiger partial charge in [-0.1, -0.05) is 12.1 Å². The lowest BCUT2D eigenvalue weighted by molar-refractivity contribution is 0.103. The summed E-state index contributed by atoms with van der Waals surface area (Å²) in [5, 5.41) is 12.3. The Kier molecular flexibility index (Phi) is 3.07. The predicted molar refractivity (Wildman–Crippen MR) is 73.6 cm³/mol. The maximum absolute atomic E-state index is 11.9. The van der Waals surface area contributed by atoms with E-state index in [-0.39, 0.29) is 5.91 Å². The number of hydrogen-bond acceptors (Lipinski definition) is 4. The monoisotopic (exact) mass is 270 g/mol. The molecule has 3 aromatic rings. The predicted octanol–water partition coefficient (Wildman–Crippen LogP) is 2.58. The summed E-state index contributed by atoms with van der Waals surface area (Å²) in [6.45, 7) is 0. The normalized spacial score (nSPS) is 10.3. The summed E-state index contributed by atoms with van der Waals surface area (Å²) in [6.07, 6.45) is 3.22. The summed E-state index contributed by atoms with van der Waals surface area (Å²) in [6, 6.07) is 11.2. The zero-order valence-corrected chi connectivity index (χ0v) is 10.7. The summed E-state index contributed by atoms with van der Waals surface area (Å²) in [5.74, 6) is -0.101. The number of thiophene rings is 1. The second-order valence-electron chi connectivity index (χ2n) is 3.85. The van der Waals surface area contributed by atoms with E-state index in [1.807, 2.05) is 35.7 Å². The van der Waals surface area contributed by atoms with E-state index in [9.17, 15) is 4.79 Å². The molecule has 1 N–H and O–H groups in total. The van der Waals surface area contributed by atoms with E-state index in [0.29, 0.717) is 4.88 Å². The number of amides is 1. The Morgan fingerprint density at radius 2 is 2.00 bits per heavy atom. The van der Waals surface area contributed by atoms with Crippen molar-refractivity contribution in [3.8, 4) is 5.69 Å². The number of hydrogen-bond donors (Lipinski definition) is 1. The zero-order valence-electron chi connectivity index (χ0n) is 9.85. The SMILES string of the molecule is O=C(Nc1cccc(-n2cnnc2)c1)c1cccs1. The molecule has 0 aliphatic rings. The van der Waals surface area contributed by atoms with Crippen LogP contribution in [0, 0.1) is 0 Å². The molecule has 0 aliphatic carbocycles. The van der Waals surface area contributed by atoms with Gasteiger partial charge in [-0.25, -0.2) is 0 Å². The zero-order chi connectivity index (χ0) is 13.1. The number of rotatable bonds is 3. The Morgan fingerprint density at radius 1 is 1.16 bits per heavy atom. The summed E-state index contributed by atoms with van der Waals surface area (Å²) in [5.41, 5.74) is 1.64. The van der Waals surface area contributed by atoms with Crippen LogP contribution in [0.2, 0.25) is 0 Å². The fraction of sp³-hybridized carbons (Fsp3) is 0. The van der Waals surface area contributed by atoms with Gasteiger partial charge in [-0.3, -0.25) is 9.36 Å². The Morgan fingerprint density at radius 3 is 2.74 bits per heavy atom. The summed E-state index contributed by atoms with van der Waals surface area (Å²) >= 11 is 1.41. The lowest BCUT2D eigenvalue weighted by Gasteiger charge is -2.06. The lowest BCUT2D eigenvalue weighted by Crippen LogP contribution is -2.10. The van der Waals surface area contributed by atoms with Gasteiger partial charge in [0.2, 0.25) is 0 Å². The molecule has 0 spiro atoms. The second kappa shape index (κ2) is 5.03. The van der Waals surface area contributed by atoms with Crippen molar-refractivity contribution < 1.29 is 4.79 Å². The van der Waals surface area contributed by atoms with Crippen molar-refractivity contribution >= 4 is 22.9 Å². The molecule has 0 atom stereocenters. The van der Waals surface area contributed by atoms with Crippen LogP contribution in [0.4, 0.5) is 5.69 Å². The van der Waals surface area contributed by atoms with E-state index in [0.717, 1.165) is 11.4 Å². The number of carbonyl (C=O) groups is 1. The molecule has 3 rings (SSSR count). The van der Waals surface area contributed by atoms with Crippen LogP contribution in [0.3, 0.4) is 0 Å². The number of carbonyl (C=O) groups excluding carboxylic acids is 1. The molecule has 0 fully saturated rings. The number of nitrogens with zero attached hydrogens (tertiary/aromatic N) is 3. The van der Waals surface area contributed by atoms with Gasteiger partial charge in [0.15, 0.2) is 0 Å². The molecule has 0 saturated carbocycles. The van der Waals surface area contributed by atoms with E-state index in [1.54, 1.807) is 23.3 Å².